The summed E-state index contributed by atoms with van der Waals surface area (Å²) in [4.78, 5) is 42.1. The van der Waals surface area contributed by atoms with Gasteiger partial charge in [-0.3, -0.25) is 9.59 Å². The molecule has 0 spiro atoms. The molecule has 228 valence electrons. The van der Waals surface area contributed by atoms with Crippen molar-refractivity contribution in [3.8, 4) is 5.75 Å². The molecule has 1 heterocycles. The first-order valence-electron chi connectivity index (χ1n) is 14.9. The lowest BCUT2D eigenvalue weighted by Gasteiger charge is -2.18. The molecule has 0 saturated carbocycles. The minimum atomic E-state index is -0.611. The fourth-order valence-electron chi connectivity index (χ4n) is 5.26. The van der Waals surface area contributed by atoms with Crippen LogP contribution in [-0.2, 0) is 22.4 Å². The van der Waals surface area contributed by atoms with Gasteiger partial charge in [0.15, 0.2) is 0 Å². The number of carbonyl (C=O) groups excluding carboxylic acids is 3. The van der Waals surface area contributed by atoms with E-state index >= 15 is 0 Å². The second-order valence-electron chi connectivity index (χ2n) is 10.5. The molecule has 1 unspecified atom stereocenters. The maximum atomic E-state index is 14.0. The molecule has 2 amide bonds. The van der Waals surface area contributed by atoms with Gasteiger partial charge in [0, 0.05) is 21.0 Å². The highest BCUT2D eigenvalue weighted by molar-refractivity contribution is 8.00. The van der Waals surface area contributed by atoms with Crippen molar-refractivity contribution in [2.75, 3.05) is 24.4 Å². The normalized spacial score (nSPS) is 13.5. The van der Waals surface area contributed by atoms with E-state index in [2.05, 4.69) is 10.6 Å². The average molecular weight is 629 g/mol. The van der Waals surface area contributed by atoms with E-state index in [0.717, 1.165) is 53.0 Å². The Morgan fingerprint density at radius 1 is 0.886 bits per heavy atom. The number of carbonyl (C=O) groups is 3. The highest BCUT2D eigenvalue weighted by Crippen LogP contribution is 2.41. The number of benzene rings is 3. The SMILES string of the molecule is CCOC(=O)c1c(NC(=O)C(Sc2cccc(NC(=O)c3cccc(OC)c3)c2)c2ccccc2)sc2c1CCCCCC2. The van der Waals surface area contributed by atoms with Gasteiger partial charge < -0.3 is 20.1 Å². The van der Waals surface area contributed by atoms with Crippen LogP contribution < -0.4 is 15.4 Å². The molecule has 0 fully saturated rings. The lowest BCUT2D eigenvalue weighted by molar-refractivity contribution is -0.115. The van der Waals surface area contributed by atoms with Gasteiger partial charge in [0.2, 0.25) is 5.91 Å². The number of aryl methyl sites for hydroxylation is 1. The highest BCUT2D eigenvalue weighted by Gasteiger charge is 2.29. The maximum absolute atomic E-state index is 14.0. The molecule has 1 aliphatic rings. The van der Waals surface area contributed by atoms with Crippen LogP contribution in [0.1, 0.15) is 74.6 Å². The summed E-state index contributed by atoms with van der Waals surface area (Å²) >= 11 is 2.88. The molecule has 1 atom stereocenters. The lowest BCUT2D eigenvalue weighted by atomic mass is 9.96. The van der Waals surface area contributed by atoms with Crippen LogP contribution in [0.2, 0.25) is 0 Å². The number of methoxy groups -OCH3 is 1. The topological polar surface area (TPSA) is 93.7 Å². The molecule has 0 aliphatic heterocycles. The Morgan fingerprint density at radius 2 is 1.66 bits per heavy atom. The van der Waals surface area contributed by atoms with Gasteiger partial charge in [-0.2, -0.15) is 0 Å². The van der Waals surface area contributed by atoms with E-state index in [1.54, 1.807) is 38.3 Å². The fraction of sp³-hybridized carbons (Fsp3) is 0.286. The van der Waals surface area contributed by atoms with Gasteiger partial charge in [0.05, 0.1) is 19.3 Å². The smallest absolute Gasteiger partial charge is 0.341 e. The molecular formula is C35H36N2O5S2. The van der Waals surface area contributed by atoms with Crippen molar-refractivity contribution in [2.24, 2.45) is 0 Å². The van der Waals surface area contributed by atoms with Gasteiger partial charge >= 0.3 is 5.97 Å². The first-order chi connectivity index (χ1) is 21.5. The van der Waals surface area contributed by atoms with Crippen LogP contribution in [0.3, 0.4) is 0 Å². The Bertz CT molecular complexity index is 1620. The van der Waals surface area contributed by atoms with E-state index in [9.17, 15) is 14.4 Å². The molecule has 44 heavy (non-hydrogen) atoms. The molecule has 4 aromatic rings. The van der Waals surface area contributed by atoms with Gasteiger partial charge in [-0.15, -0.1) is 23.1 Å². The van der Waals surface area contributed by atoms with Crippen molar-refractivity contribution in [3.63, 3.8) is 0 Å². The third-order valence-corrected chi connectivity index (χ3v) is 9.86. The summed E-state index contributed by atoms with van der Waals surface area (Å²) in [7, 11) is 1.56. The second-order valence-corrected chi connectivity index (χ2v) is 12.7. The largest absolute Gasteiger partial charge is 0.497 e. The van der Waals surface area contributed by atoms with Crippen molar-refractivity contribution in [2.45, 2.75) is 55.6 Å². The van der Waals surface area contributed by atoms with Crippen molar-refractivity contribution in [1.82, 2.24) is 0 Å². The molecule has 7 nitrogen and oxygen atoms in total. The van der Waals surface area contributed by atoms with Crippen LogP contribution in [0.15, 0.2) is 83.8 Å². The van der Waals surface area contributed by atoms with Crippen molar-refractivity contribution >= 4 is 51.6 Å². The number of amides is 2. The Kier molecular flexibility index (Phi) is 10.7. The predicted molar refractivity (Wildman–Crippen MR) is 177 cm³/mol. The Balaban J connectivity index is 1.40. The summed E-state index contributed by atoms with van der Waals surface area (Å²) in [6.45, 7) is 2.06. The molecule has 0 radical (unpaired) electrons. The number of anilines is 2. The zero-order valence-corrected chi connectivity index (χ0v) is 26.5. The van der Waals surface area contributed by atoms with E-state index in [-0.39, 0.29) is 24.4 Å². The van der Waals surface area contributed by atoms with Gasteiger partial charge in [0.1, 0.15) is 16.0 Å². The zero-order valence-electron chi connectivity index (χ0n) is 24.9. The van der Waals surface area contributed by atoms with E-state index in [1.807, 2.05) is 54.6 Å². The summed E-state index contributed by atoms with van der Waals surface area (Å²) in [6.07, 6.45) is 6.08. The van der Waals surface area contributed by atoms with Gasteiger partial charge in [0.25, 0.3) is 5.91 Å². The number of nitrogens with one attached hydrogen (secondary N) is 2. The van der Waals surface area contributed by atoms with E-state index in [0.29, 0.717) is 27.6 Å². The predicted octanol–water partition coefficient (Wildman–Crippen LogP) is 8.32. The van der Waals surface area contributed by atoms with Gasteiger partial charge in [-0.25, -0.2) is 4.79 Å². The number of thiophene rings is 1. The average Bonchev–Trinajstić information content (AvgIpc) is 3.35. The molecule has 2 N–H and O–H groups in total. The minimum absolute atomic E-state index is 0.230. The van der Waals surface area contributed by atoms with Crippen molar-refractivity contribution < 1.29 is 23.9 Å². The van der Waals surface area contributed by atoms with Crippen LogP contribution in [-0.4, -0.2) is 31.5 Å². The third kappa shape index (κ3) is 7.70. The van der Waals surface area contributed by atoms with Crippen LogP contribution in [0.5, 0.6) is 5.75 Å². The quantitative estimate of drug-likeness (QED) is 0.136. The Labute approximate surface area is 266 Å². The van der Waals surface area contributed by atoms with Crippen LogP contribution in [0.4, 0.5) is 10.7 Å². The zero-order chi connectivity index (χ0) is 30.9. The van der Waals surface area contributed by atoms with Crippen LogP contribution in [0, 0.1) is 0 Å². The van der Waals surface area contributed by atoms with E-state index < -0.39 is 5.25 Å². The monoisotopic (exact) mass is 628 g/mol. The maximum Gasteiger partial charge on any atom is 0.341 e. The van der Waals surface area contributed by atoms with Crippen LogP contribution in [0.25, 0.3) is 0 Å². The second kappa shape index (κ2) is 15.1. The van der Waals surface area contributed by atoms with Crippen LogP contribution >= 0.6 is 23.1 Å². The number of rotatable bonds is 10. The lowest BCUT2D eigenvalue weighted by Crippen LogP contribution is -2.20. The van der Waals surface area contributed by atoms with Gasteiger partial charge in [-0.05, 0) is 80.1 Å². The summed E-state index contributed by atoms with van der Waals surface area (Å²) in [5.74, 6) is -0.276. The standard InChI is InChI=1S/C35H36N2O5S2/c1-3-42-35(40)30-28-19-9-4-5-10-20-29(28)44-34(30)37-33(39)31(23-13-7-6-8-14-23)43-27-18-12-16-25(22-27)36-32(38)24-15-11-17-26(21-24)41-2/h6-8,11-18,21-22,31H,3-5,9-10,19-20H2,1-2H3,(H,36,38)(H,37,39). The van der Waals surface area contributed by atoms with E-state index in [4.69, 9.17) is 9.47 Å². The molecule has 3 aromatic carbocycles. The van der Waals surface area contributed by atoms with E-state index in [1.165, 1.54) is 29.5 Å². The summed E-state index contributed by atoms with van der Waals surface area (Å²) in [5.41, 5.74) is 3.44. The molecule has 1 aromatic heterocycles. The third-order valence-electron chi connectivity index (χ3n) is 7.41. The molecule has 9 heteroatoms. The fourth-order valence-corrected chi connectivity index (χ4v) is 7.62. The summed E-state index contributed by atoms with van der Waals surface area (Å²) in [6, 6.07) is 24.0. The number of ether oxygens (including phenoxy) is 2. The number of thioether (sulfide) groups is 1. The first kappa shape index (κ1) is 31.3. The minimum Gasteiger partial charge on any atom is -0.497 e. The summed E-state index contributed by atoms with van der Waals surface area (Å²) < 4.78 is 10.7. The Hall–Kier alpha value is -4.08. The molecular weight excluding hydrogens is 593 g/mol. The summed E-state index contributed by atoms with van der Waals surface area (Å²) in [5, 5.41) is 6.01. The first-order valence-corrected chi connectivity index (χ1v) is 16.6. The molecule has 0 saturated heterocycles. The highest BCUT2D eigenvalue weighted by atomic mass is 32.2. The number of esters is 1. The van der Waals surface area contributed by atoms with Crippen molar-refractivity contribution in [3.05, 3.63) is 106 Å². The van der Waals surface area contributed by atoms with Gasteiger partial charge in [-0.1, -0.05) is 55.3 Å². The van der Waals surface area contributed by atoms with Crippen molar-refractivity contribution in [1.29, 1.82) is 0 Å². The molecule has 1 aliphatic carbocycles. The molecule has 0 bridgehead atoms. The number of hydrogen-bond acceptors (Lipinski definition) is 7. The molecule has 5 rings (SSSR count). The Morgan fingerprint density at radius 3 is 2.43 bits per heavy atom. The number of hydrogen-bond donors (Lipinski definition) is 2. The number of fused-ring (bicyclic) bond motifs is 1.